The lowest BCUT2D eigenvalue weighted by Crippen LogP contribution is -2.39. The van der Waals surface area contributed by atoms with E-state index in [1.807, 2.05) is 0 Å². The molecule has 1 aliphatic rings. The van der Waals surface area contributed by atoms with Crippen LogP contribution in [-0.2, 0) is 20.8 Å². The minimum absolute atomic E-state index is 0.201. The third-order valence-corrected chi connectivity index (χ3v) is 4.64. The van der Waals surface area contributed by atoms with Gasteiger partial charge in [0.25, 0.3) is 17.7 Å². The number of anilines is 1. The molecule has 2 atom stereocenters. The van der Waals surface area contributed by atoms with Gasteiger partial charge in [-0.05, 0) is 43.0 Å². The van der Waals surface area contributed by atoms with Crippen molar-refractivity contribution in [3.05, 3.63) is 40.9 Å². The summed E-state index contributed by atoms with van der Waals surface area (Å²) in [6, 6.07) is 6.70. The van der Waals surface area contributed by atoms with Crippen LogP contribution < -0.4 is 4.31 Å². The van der Waals surface area contributed by atoms with Crippen LogP contribution in [-0.4, -0.2) is 27.9 Å². The Morgan fingerprint density at radius 2 is 2.32 bits per heavy atom. The number of nitrogens with zero attached hydrogens (tertiary/aromatic N) is 1. The van der Waals surface area contributed by atoms with Gasteiger partial charge in [-0.1, -0.05) is 23.7 Å². The van der Waals surface area contributed by atoms with Crippen molar-refractivity contribution < 1.29 is 18.3 Å². The second kappa shape index (κ2) is 8.31. The molecular weight excluding hydrogens is 326 g/mol. The van der Waals surface area contributed by atoms with E-state index in [0.717, 1.165) is 24.8 Å². The summed E-state index contributed by atoms with van der Waals surface area (Å²) in [6.07, 6.45) is 5.25. The normalized spacial score (nSPS) is 19.2. The summed E-state index contributed by atoms with van der Waals surface area (Å²) in [5, 5.41) is 0.513. The molecule has 0 fully saturated rings. The largest absolute Gasteiger partial charge is 0.468 e. The zero-order valence-corrected chi connectivity index (χ0v) is 13.6. The molecule has 0 saturated carbocycles. The van der Waals surface area contributed by atoms with Crippen molar-refractivity contribution in [2.45, 2.75) is 31.7 Å². The molecule has 1 aromatic rings. The fourth-order valence-electron chi connectivity index (χ4n) is 2.67. The number of rotatable bonds is 7. The van der Waals surface area contributed by atoms with Gasteiger partial charge in [-0.15, -0.1) is 0 Å². The van der Waals surface area contributed by atoms with Crippen molar-refractivity contribution in [2.24, 2.45) is 0 Å². The third kappa shape index (κ3) is 4.32. The van der Waals surface area contributed by atoms with Crippen LogP contribution in [0.1, 0.15) is 25.7 Å². The summed E-state index contributed by atoms with van der Waals surface area (Å²) in [5.41, 5.74) is 1.61. The van der Waals surface area contributed by atoms with E-state index in [9.17, 15) is 13.6 Å². The molecule has 120 valence electrons. The molecule has 0 spiro atoms. The van der Waals surface area contributed by atoms with Crippen molar-refractivity contribution in [2.75, 3.05) is 10.9 Å². The second-order valence-electron chi connectivity index (χ2n) is 4.98. The predicted octanol–water partition coefficient (Wildman–Crippen LogP) is 3.33. The van der Waals surface area contributed by atoms with Gasteiger partial charge in [-0.25, -0.2) is 4.21 Å². The molecule has 1 aliphatic carbocycles. The summed E-state index contributed by atoms with van der Waals surface area (Å²) in [4.78, 5) is 10.3. The van der Waals surface area contributed by atoms with E-state index in [1.165, 1.54) is 4.31 Å². The van der Waals surface area contributed by atoms with Crippen molar-refractivity contribution >= 4 is 35.0 Å². The minimum atomic E-state index is -2.16. The molecule has 0 amide bonds. The van der Waals surface area contributed by atoms with Crippen LogP contribution in [0.3, 0.4) is 0 Å². The lowest BCUT2D eigenvalue weighted by Gasteiger charge is -2.34. The maximum Gasteiger partial charge on any atom is 0.293 e. The van der Waals surface area contributed by atoms with Crippen LogP contribution in [0, 0.1) is 0 Å². The zero-order valence-electron chi connectivity index (χ0n) is 12.0. The third-order valence-electron chi connectivity index (χ3n) is 3.61. The summed E-state index contributed by atoms with van der Waals surface area (Å²) in [5.74, 6) is 0. The van der Waals surface area contributed by atoms with Crippen LogP contribution in [0.25, 0.3) is 0 Å². The van der Waals surface area contributed by atoms with E-state index in [0.29, 0.717) is 23.6 Å². The van der Waals surface area contributed by atoms with Gasteiger partial charge in [-0.2, -0.15) is 0 Å². The average Bonchev–Trinajstić information content (AvgIpc) is 2.49. The first-order valence-electron chi connectivity index (χ1n) is 7.03. The Balaban J connectivity index is 2.26. The Morgan fingerprint density at radius 3 is 3.00 bits per heavy atom. The molecular formula is C15H18ClNO4S. The van der Waals surface area contributed by atoms with Crippen molar-refractivity contribution in [1.29, 1.82) is 0 Å². The monoisotopic (exact) mass is 343 g/mol. The fraction of sp³-hybridized carbons (Fsp3) is 0.400. The van der Waals surface area contributed by atoms with Gasteiger partial charge in [0.1, 0.15) is 0 Å². The molecule has 2 unspecified atom stereocenters. The standard InChI is InChI=1S/C15H18ClNO4S/c16-13-5-3-6-14(10-13)17(22(19)20)15-7-2-1-4-12(15)8-9-21-11-18/h3-6,10-11,15H,1-2,7-9H2,(H,19,20). The van der Waals surface area contributed by atoms with E-state index in [2.05, 4.69) is 6.08 Å². The molecule has 2 rings (SSSR count). The highest BCUT2D eigenvalue weighted by Crippen LogP contribution is 2.31. The van der Waals surface area contributed by atoms with Crippen molar-refractivity contribution in [3.63, 3.8) is 0 Å². The molecule has 7 heteroatoms. The highest BCUT2D eigenvalue weighted by atomic mass is 35.5. The zero-order chi connectivity index (χ0) is 15.9. The number of hydrogen-bond donors (Lipinski definition) is 1. The molecule has 0 radical (unpaired) electrons. The number of halogens is 1. The molecule has 0 aromatic heterocycles. The van der Waals surface area contributed by atoms with Crippen LogP contribution in [0.15, 0.2) is 35.9 Å². The van der Waals surface area contributed by atoms with Crippen LogP contribution >= 0.6 is 11.6 Å². The minimum Gasteiger partial charge on any atom is -0.468 e. The first-order chi connectivity index (χ1) is 10.6. The highest BCUT2D eigenvalue weighted by molar-refractivity contribution is 7.80. The van der Waals surface area contributed by atoms with E-state index in [4.69, 9.17) is 16.3 Å². The van der Waals surface area contributed by atoms with E-state index in [1.54, 1.807) is 24.3 Å². The van der Waals surface area contributed by atoms with Gasteiger partial charge in [0, 0.05) is 11.4 Å². The summed E-state index contributed by atoms with van der Waals surface area (Å²) < 4.78 is 27.8. The number of carbonyl (C=O) groups is 1. The lowest BCUT2D eigenvalue weighted by atomic mass is 9.92. The number of allylic oxidation sites excluding steroid dienone is 1. The molecule has 0 saturated heterocycles. The Hall–Kier alpha value is -1.37. The van der Waals surface area contributed by atoms with Gasteiger partial charge in [0.15, 0.2) is 0 Å². The SMILES string of the molecule is O=COCCC1=CCCCC1N(c1cccc(Cl)c1)S(=O)O. The first kappa shape index (κ1) is 17.0. The quantitative estimate of drug-likeness (QED) is 0.357. The average molecular weight is 344 g/mol. The predicted molar refractivity (Wildman–Crippen MR) is 87.1 cm³/mol. The van der Waals surface area contributed by atoms with E-state index in [-0.39, 0.29) is 12.6 Å². The van der Waals surface area contributed by atoms with Gasteiger partial charge in [0.2, 0.25) is 0 Å². The number of carbonyl (C=O) groups excluding carboxylic acids is 1. The van der Waals surface area contributed by atoms with Crippen molar-refractivity contribution in [3.8, 4) is 0 Å². The molecule has 5 nitrogen and oxygen atoms in total. The van der Waals surface area contributed by atoms with Gasteiger partial charge < -0.3 is 4.74 Å². The van der Waals surface area contributed by atoms with E-state index >= 15 is 0 Å². The number of hydrogen-bond acceptors (Lipinski definition) is 3. The molecule has 22 heavy (non-hydrogen) atoms. The topological polar surface area (TPSA) is 66.8 Å². The van der Waals surface area contributed by atoms with Gasteiger partial charge in [-0.3, -0.25) is 13.7 Å². The number of ether oxygens (including phenoxy) is 1. The van der Waals surface area contributed by atoms with Crippen molar-refractivity contribution in [1.82, 2.24) is 0 Å². The van der Waals surface area contributed by atoms with Gasteiger partial charge in [0.05, 0.1) is 18.3 Å². The summed E-state index contributed by atoms with van der Waals surface area (Å²) in [7, 11) is 0. The highest BCUT2D eigenvalue weighted by Gasteiger charge is 2.28. The first-order valence-corrected chi connectivity index (χ1v) is 8.47. The van der Waals surface area contributed by atoms with Crippen LogP contribution in [0.4, 0.5) is 5.69 Å². The Morgan fingerprint density at radius 1 is 1.50 bits per heavy atom. The lowest BCUT2D eigenvalue weighted by molar-refractivity contribution is -0.128. The Kier molecular flexibility index (Phi) is 6.42. The molecule has 1 N–H and O–H groups in total. The second-order valence-corrected chi connectivity index (χ2v) is 6.27. The van der Waals surface area contributed by atoms with Crippen LogP contribution in [0.2, 0.25) is 5.02 Å². The van der Waals surface area contributed by atoms with E-state index < -0.39 is 11.3 Å². The van der Waals surface area contributed by atoms with Gasteiger partial charge >= 0.3 is 0 Å². The molecule has 0 bridgehead atoms. The summed E-state index contributed by atoms with van der Waals surface area (Å²) >= 11 is 3.83. The summed E-state index contributed by atoms with van der Waals surface area (Å²) in [6.45, 7) is 0.685. The molecule has 0 heterocycles. The maximum atomic E-state index is 11.9. The maximum absolute atomic E-state index is 11.9. The fourth-order valence-corrected chi connectivity index (χ4v) is 3.61. The molecule has 0 aliphatic heterocycles. The molecule has 1 aromatic carbocycles. The Bertz CT molecular complexity index is 578. The number of benzene rings is 1. The smallest absolute Gasteiger partial charge is 0.293 e. The van der Waals surface area contributed by atoms with Crippen LogP contribution in [0.5, 0.6) is 0 Å². The Labute approximate surface area is 137 Å².